The third-order valence-electron chi connectivity index (χ3n) is 3.90. The molecule has 0 atom stereocenters. The van der Waals surface area contributed by atoms with E-state index in [9.17, 15) is 9.90 Å². The SMILES string of the molecule is Cc1cc(C#Cc2c(C)c3ccccc3oc2=O)cc(C)c1O. The Morgan fingerprint density at radius 2 is 1.65 bits per heavy atom. The van der Waals surface area contributed by atoms with Crippen LogP contribution in [0.25, 0.3) is 11.0 Å². The van der Waals surface area contributed by atoms with Gasteiger partial charge in [0.05, 0.1) is 0 Å². The number of rotatable bonds is 0. The van der Waals surface area contributed by atoms with Crippen LogP contribution in [0.3, 0.4) is 0 Å². The summed E-state index contributed by atoms with van der Waals surface area (Å²) < 4.78 is 5.33. The highest BCUT2D eigenvalue weighted by Crippen LogP contribution is 2.23. The Kier molecular flexibility index (Phi) is 3.67. The van der Waals surface area contributed by atoms with Crippen molar-refractivity contribution < 1.29 is 9.52 Å². The molecule has 3 nitrogen and oxygen atoms in total. The third kappa shape index (κ3) is 2.72. The summed E-state index contributed by atoms with van der Waals surface area (Å²) in [5.74, 6) is 6.20. The summed E-state index contributed by atoms with van der Waals surface area (Å²) in [5, 5.41) is 10.7. The quantitative estimate of drug-likeness (QED) is 0.507. The molecular weight excluding hydrogens is 288 g/mol. The molecule has 3 heteroatoms. The van der Waals surface area contributed by atoms with E-state index < -0.39 is 5.63 Å². The van der Waals surface area contributed by atoms with Gasteiger partial charge in [-0.25, -0.2) is 4.79 Å². The Balaban J connectivity index is 2.15. The lowest BCUT2D eigenvalue weighted by atomic mass is 10.0. The number of benzene rings is 2. The molecule has 0 saturated carbocycles. The highest BCUT2D eigenvalue weighted by Gasteiger charge is 2.09. The van der Waals surface area contributed by atoms with Crippen LogP contribution in [0.1, 0.15) is 27.8 Å². The van der Waals surface area contributed by atoms with E-state index >= 15 is 0 Å². The van der Waals surface area contributed by atoms with Gasteiger partial charge in [0.1, 0.15) is 16.9 Å². The van der Waals surface area contributed by atoms with Gasteiger partial charge in [0.2, 0.25) is 0 Å². The van der Waals surface area contributed by atoms with Gasteiger partial charge >= 0.3 is 5.63 Å². The van der Waals surface area contributed by atoms with E-state index in [4.69, 9.17) is 4.42 Å². The Bertz CT molecular complexity index is 1010. The first-order chi connectivity index (χ1) is 11.0. The molecule has 0 amide bonds. The maximum absolute atomic E-state index is 12.2. The van der Waals surface area contributed by atoms with Crippen LogP contribution < -0.4 is 5.63 Å². The van der Waals surface area contributed by atoms with Crippen LogP contribution >= 0.6 is 0 Å². The average molecular weight is 304 g/mol. The summed E-state index contributed by atoms with van der Waals surface area (Å²) >= 11 is 0. The van der Waals surface area contributed by atoms with Crippen LogP contribution in [-0.4, -0.2) is 5.11 Å². The molecule has 0 spiro atoms. The number of phenolic OH excluding ortho intramolecular Hbond substituents is 1. The maximum atomic E-state index is 12.2. The lowest BCUT2D eigenvalue weighted by Crippen LogP contribution is -2.06. The van der Waals surface area contributed by atoms with Crippen molar-refractivity contribution in [1.82, 2.24) is 0 Å². The first kappa shape index (κ1) is 14.9. The predicted molar refractivity (Wildman–Crippen MR) is 90.8 cm³/mol. The van der Waals surface area contributed by atoms with E-state index in [-0.39, 0.29) is 5.75 Å². The number of para-hydroxylation sites is 1. The van der Waals surface area contributed by atoms with Crippen LogP contribution in [-0.2, 0) is 0 Å². The second-order valence-electron chi connectivity index (χ2n) is 5.59. The highest BCUT2D eigenvalue weighted by molar-refractivity contribution is 5.81. The third-order valence-corrected chi connectivity index (χ3v) is 3.90. The number of hydrogen-bond acceptors (Lipinski definition) is 3. The van der Waals surface area contributed by atoms with Gasteiger partial charge in [0.25, 0.3) is 0 Å². The molecule has 2 aromatic carbocycles. The molecule has 0 radical (unpaired) electrons. The molecule has 3 rings (SSSR count). The summed E-state index contributed by atoms with van der Waals surface area (Å²) in [6.07, 6.45) is 0. The normalized spacial score (nSPS) is 10.4. The van der Waals surface area contributed by atoms with E-state index in [0.29, 0.717) is 11.1 Å². The summed E-state index contributed by atoms with van der Waals surface area (Å²) in [6, 6.07) is 11.0. The van der Waals surface area contributed by atoms with Crippen molar-refractivity contribution in [1.29, 1.82) is 0 Å². The molecule has 0 aliphatic rings. The maximum Gasteiger partial charge on any atom is 0.352 e. The Morgan fingerprint density at radius 3 is 2.35 bits per heavy atom. The molecule has 0 bridgehead atoms. The van der Waals surface area contributed by atoms with Gasteiger partial charge in [0, 0.05) is 10.9 Å². The zero-order valence-electron chi connectivity index (χ0n) is 13.2. The fraction of sp³-hybridized carbons (Fsp3) is 0.150. The summed E-state index contributed by atoms with van der Waals surface area (Å²) in [4.78, 5) is 12.2. The topological polar surface area (TPSA) is 50.4 Å². The zero-order chi connectivity index (χ0) is 16.6. The fourth-order valence-corrected chi connectivity index (χ4v) is 2.61. The van der Waals surface area contributed by atoms with Gasteiger partial charge < -0.3 is 9.52 Å². The largest absolute Gasteiger partial charge is 0.507 e. The Labute approximate surface area is 134 Å². The molecule has 23 heavy (non-hydrogen) atoms. The molecule has 1 N–H and O–H groups in total. The van der Waals surface area contributed by atoms with Crippen LogP contribution in [0.2, 0.25) is 0 Å². The van der Waals surface area contributed by atoms with E-state index in [1.165, 1.54) is 0 Å². The second kappa shape index (κ2) is 5.66. The zero-order valence-corrected chi connectivity index (χ0v) is 13.2. The van der Waals surface area contributed by atoms with Gasteiger partial charge in [-0.15, -0.1) is 0 Å². The molecule has 1 heterocycles. The lowest BCUT2D eigenvalue weighted by Gasteiger charge is -2.04. The van der Waals surface area contributed by atoms with Crippen LogP contribution in [0.5, 0.6) is 5.75 Å². The number of aryl methyl sites for hydroxylation is 3. The second-order valence-corrected chi connectivity index (χ2v) is 5.59. The molecule has 1 aromatic heterocycles. The standard InChI is InChI=1S/C20H16O3/c1-12-10-15(11-13(2)19(12)21)8-9-17-14(3)16-6-4-5-7-18(16)23-20(17)22/h4-7,10-11,21H,1-3H3. The number of fused-ring (bicyclic) bond motifs is 1. The van der Waals surface area contributed by atoms with Crippen molar-refractivity contribution in [2.75, 3.05) is 0 Å². The molecule has 0 fully saturated rings. The van der Waals surface area contributed by atoms with E-state index in [0.717, 1.165) is 27.6 Å². The summed E-state index contributed by atoms with van der Waals surface area (Å²) in [6.45, 7) is 5.52. The first-order valence-corrected chi connectivity index (χ1v) is 7.32. The molecule has 3 aromatic rings. The average Bonchev–Trinajstić information content (AvgIpc) is 2.52. The minimum absolute atomic E-state index is 0.275. The van der Waals surface area contributed by atoms with Crippen molar-refractivity contribution in [3.63, 3.8) is 0 Å². The van der Waals surface area contributed by atoms with Gasteiger partial charge in [-0.1, -0.05) is 30.0 Å². The fourth-order valence-electron chi connectivity index (χ4n) is 2.61. The van der Waals surface area contributed by atoms with Crippen molar-refractivity contribution in [3.05, 3.63) is 74.6 Å². The predicted octanol–water partition coefficient (Wildman–Crippen LogP) is 3.82. The molecule has 0 saturated heterocycles. The van der Waals surface area contributed by atoms with Crippen molar-refractivity contribution in [3.8, 4) is 17.6 Å². The van der Waals surface area contributed by atoms with Gasteiger partial charge in [-0.3, -0.25) is 0 Å². The number of phenols is 1. The van der Waals surface area contributed by atoms with E-state index in [1.807, 2.05) is 39.0 Å². The molecule has 0 aliphatic carbocycles. The van der Waals surface area contributed by atoms with E-state index in [1.54, 1.807) is 18.2 Å². The Hall–Kier alpha value is -2.99. The van der Waals surface area contributed by atoms with Crippen molar-refractivity contribution in [2.24, 2.45) is 0 Å². The van der Waals surface area contributed by atoms with Gasteiger partial charge in [-0.05, 0) is 55.7 Å². The van der Waals surface area contributed by atoms with Gasteiger partial charge in [-0.2, -0.15) is 0 Å². The van der Waals surface area contributed by atoms with Gasteiger partial charge in [0.15, 0.2) is 0 Å². The lowest BCUT2D eigenvalue weighted by molar-refractivity contribution is 0.467. The first-order valence-electron chi connectivity index (χ1n) is 7.32. The molecule has 114 valence electrons. The summed E-state index contributed by atoms with van der Waals surface area (Å²) in [7, 11) is 0. The van der Waals surface area contributed by atoms with Crippen LogP contribution in [0.4, 0.5) is 0 Å². The monoisotopic (exact) mass is 304 g/mol. The summed E-state index contributed by atoms with van der Waals surface area (Å²) in [5.41, 5.74) is 3.60. The van der Waals surface area contributed by atoms with Crippen molar-refractivity contribution in [2.45, 2.75) is 20.8 Å². The molecule has 0 aliphatic heterocycles. The highest BCUT2D eigenvalue weighted by atomic mass is 16.4. The number of aromatic hydroxyl groups is 1. The molecular formula is C20H16O3. The Morgan fingerprint density at radius 1 is 1.00 bits per heavy atom. The van der Waals surface area contributed by atoms with Crippen LogP contribution in [0, 0.1) is 32.6 Å². The number of hydrogen-bond donors (Lipinski definition) is 1. The minimum Gasteiger partial charge on any atom is -0.507 e. The molecule has 0 unspecified atom stereocenters. The van der Waals surface area contributed by atoms with E-state index in [2.05, 4.69) is 11.8 Å². The van der Waals surface area contributed by atoms with Crippen molar-refractivity contribution >= 4 is 11.0 Å². The van der Waals surface area contributed by atoms with Crippen LogP contribution in [0.15, 0.2) is 45.6 Å². The smallest absolute Gasteiger partial charge is 0.352 e. The minimum atomic E-state index is -0.430.